The van der Waals surface area contributed by atoms with Crippen LogP contribution in [0.1, 0.15) is 11.1 Å². The SMILES string of the molecule is O=C(/C=C/c1cccc(Br)c1)NCc1cccc(Cl)c1. The van der Waals surface area contributed by atoms with Gasteiger partial charge in [0.25, 0.3) is 0 Å². The third-order valence-electron chi connectivity index (χ3n) is 2.63. The zero-order valence-electron chi connectivity index (χ0n) is 10.6. The Morgan fingerprint density at radius 3 is 2.75 bits per heavy atom. The second kappa shape index (κ2) is 7.27. The van der Waals surface area contributed by atoms with Crippen LogP contribution in [0.4, 0.5) is 0 Å². The lowest BCUT2D eigenvalue weighted by atomic mass is 10.2. The van der Waals surface area contributed by atoms with E-state index in [1.807, 2.05) is 42.5 Å². The van der Waals surface area contributed by atoms with Gasteiger partial charge in [-0.15, -0.1) is 0 Å². The van der Waals surface area contributed by atoms with Crippen molar-refractivity contribution in [1.29, 1.82) is 0 Å². The predicted molar refractivity (Wildman–Crippen MR) is 86.5 cm³/mol. The Hall–Kier alpha value is -1.58. The maximum absolute atomic E-state index is 11.7. The standard InChI is InChI=1S/C16H13BrClNO/c17-14-5-1-3-12(9-14)7-8-16(20)19-11-13-4-2-6-15(18)10-13/h1-10H,11H2,(H,19,20)/b8-7+. The Balaban J connectivity index is 1.89. The van der Waals surface area contributed by atoms with Gasteiger partial charge in [-0.05, 0) is 41.5 Å². The minimum Gasteiger partial charge on any atom is -0.348 e. The Labute approximate surface area is 131 Å². The Kier molecular flexibility index (Phi) is 5.39. The molecule has 0 bridgehead atoms. The molecule has 0 spiro atoms. The van der Waals surface area contributed by atoms with Crippen LogP contribution in [0.2, 0.25) is 5.02 Å². The first-order valence-corrected chi connectivity index (χ1v) is 7.26. The maximum Gasteiger partial charge on any atom is 0.244 e. The van der Waals surface area contributed by atoms with E-state index < -0.39 is 0 Å². The molecule has 4 heteroatoms. The summed E-state index contributed by atoms with van der Waals surface area (Å²) in [6.45, 7) is 0.461. The molecule has 20 heavy (non-hydrogen) atoms. The highest BCUT2D eigenvalue weighted by atomic mass is 79.9. The molecule has 1 amide bonds. The molecule has 0 unspecified atom stereocenters. The van der Waals surface area contributed by atoms with Gasteiger partial charge in [0.2, 0.25) is 5.91 Å². The van der Waals surface area contributed by atoms with E-state index in [1.165, 1.54) is 6.08 Å². The second-order valence-corrected chi connectivity index (χ2v) is 5.59. The third-order valence-corrected chi connectivity index (χ3v) is 3.36. The number of carbonyl (C=O) groups is 1. The fourth-order valence-electron chi connectivity index (χ4n) is 1.68. The summed E-state index contributed by atoms with van der Waals surface area (Å²) < 4.78 is 0.985. The summed E-state index contributed by atoms with van der Waals surface area (Å²) >= 11 is 9.28. The highest BCUT2D eigenvalue weighted by Crippen LogP contribution is 2.13. The molecule has 2 rings (SSSR count). The number of hydrogen-bond acceptors (Lipinski definition) is 1. The van der Waals surface area contributed by atoms with Crippen molar-refractivity contribution in [2.45, 2.75) is 6.54 Å². The number of amides is 1. The highest BCUT2D eigenvalue weighted by Gasteiger charge is 1.98. The van der Waals surface area contributed by atoms with E-state index >= 15 is 0 Å². The normalized spacial score (nSPS) is 10.7. The number of carbonyl (C=O) groups excluding carboxylic acids is 1. The maximum atomic E-state index is 11.7. The number of benzene rings is 2. The van der Waals surface area contributed by atoms with Crippen molar-refractivity contribution in [2.75, 3.05) is 0 Å². The van der Waals surface area contributed by atoms with Gasteiger partial charge in [-0.1, -0.05) is 51.8 Å². The van der Waals surface area contributed by atoms with Crippen molar-refractivity contribution in [1.82, 2.24) is 5.32 Å². The van der Waals surface area contributed by atoms with Crippen LogP contribution in [0.25, 0.3) is 6.08 Å². The molecule has 0 aromatic heterocycles. The van der Waals surface area contributed by atoms with E-state index in [1.54, 1.807) is 12.1 Å². The van der Waals surface area contributed by atoms with Crippen molar-refractivity contribution >= 4 is 39.5 Å². The average molecular weight is 351 g/mol. The molecule has 0 atom stereocenters. The van der Waals surface area contributed by atoms with E-state index in [0.717, 1.165) is 15.6 Å². The molecule has 0 radical (unpaired) electrons. The van der Waals surface area contributed by atoms with Gasteiger partial charge in [0.15, 0.2) is 0 Å². The van der Waals surface area contributed by atoms with Crippen LogP contribution >= 0.6 is 27.5 Å². The van der Waals surface area contributed by atoms with E-state index in [9.17, 15) is 4.79 Å². The van der Waals surface area contributed by atoms with Crippen LogP contribution in [-0.4, -0.2) is 5.91 Å². The van der Waals surface area contributed by atoms with Crippen LogP contribution in [0.5, 0.6) is 0 Å². The summed E-state index contributed by atoms with van der Waals surface area (Å²) in [6, 6.07) is 15.2. The van der Waals surface area contributed by atoms with Gasteiger partial charge in [0, 0.05) is 22.1 Å². The molecule has 0 saturated carbocycles. The Morgan fingerprint density at radius 2 is 2.00 bits per heavy atom. The van der Waals surface area contributed by atoms with Crippen molar-refractivity contribution in [3.05, 3.63) is 75.2 Å². The number of nitrogens with one attached hydrogen (secondary N) is 1. The lowest BCUT2D eigenvalue weighted by Crippen LogP contribution is -2.20. The highest BCUT2D eigenvalue weighted by molar-refractivity contribution is 9.10. The van der Waals surface area contributed by atoms with Crippen molar-refractivity contribution in [3.63, 3.8) is 0 Å². The van der Waals surface area contributed by atoms with Crippen LogP contribution in [0, 0.1) is 0 Å². The molecular weight excluding hydrogens is 338 g/mol. The lowest BCUT2D eigenvalue weighted by Gasteiger charge is -2.03. The summed E-state index contributed by atoms with van der Waals surface area (Å²) in [7, 11) is 0. The number of halogens is 2. The third kappa shape index (κ3) is 4.83. The lowest BCUT2D eigenvalue weighted by molar-refractivity contribution is -0.116. The molecule has 0 aliphatic carbocycles. The van der Waals surface area contributed by atoms with Crippen LogP contribution in [0.3, 0.4) is 0 Å². The van der Waals surface area contributed by atoms with Crippen LogP contribution < -0.4 is 5.32 Å². The van der Waals surface area contributed by atoms with Crippen LogP contribution in [-0.2, 0) is 11.3 Å². The predicted octanol–water partition coefficient (Wildman–Crippen LogP) is 4.43. The van der Waals surface area contributed by atoms with Gasteiger partial charge < -0.3 is 5.32 Å². The minimum atomic E-state index is -0.134. The molecule has 0 aliphatic heterocycles. The topological polar surface area (TPSA) is 29.1 Å². The second-order valence-electron chi connectivity index (χ2n) is 4.24. The van der Waals surface area contributed by atoms with Gasteiger partial charge in [-0.25, -0.2) is 0 Å². The molecule has 2 nitrogen and oxygen atoms in total. The molecule has 2 aromatic rings. The van der Waals surface area contributed by atoms with E-state index in [-0.39, 0.29) is 5.91 Å². The molecule has 0 saturated heterocycles. The summed E-state index contributed by atoms with van der Waals surface area (Å²) in [5.74, 6) is -0.134. The largest absolute Gasteiger partial charge is 0.348 e. The molecule has 0 fully saturated rings. The molecule has 1 N–H and O–H groups in total. The minimum absolute atomic E-state index is 0.134. The molecule has 0 aliphatic rings. The number of rotatable bonds is 4. The van der Waals surface area contributed by atoms with Gasteiger partial charge >= 0.3 is 0 Å². The summed E-state index contributed by atoms with van der Waals surface area (Å²) in [4.78, 5) is 11.7. The molecule has 2 aromatic carbocycles. The fourth-order valence-corrected chi connectivity index (χ4v) is 2.31. The quantitative estimate of drug-likeness (QED) is 0.812. The zero-order valence-corrected chi connectivity index (χ0v) is 13.0. The van der Waals surface area contributed by atoms with Crippen molar-refractivity contribution in [3.8, 4) is 0 Å². The average Bonchev–Trinajstić information content (AvgIpc) is 2.43. The zero-order chi connectivity index (χ0) is 14.4. The van der Waals surface area contributed by atoms with Gasteiger partial charge in [-0.3, -0.25) is 4.79 Å². The van der Waals surface area contributed by atoms with Crippen LogP contribution in [0.15, 0.2) is 59.1 Å². The monoisotopic (exact) mass is 349 g/mol. The fraction of sp³-hybridized carbons (Fsp3) is 0.0625. The number of hydrogen-bond donors (Lipinski definition) is 1. The van der Waals surface area contributed by atoms with E-state index in [4.69, 9.17) is 11.6 Å². The molecule has 102 valence electrons. The van der Waals surface area contributed by atoms with Gasteiger partial charge in [-0.2, -0.15) is 0 Å². The van der Waals surface area contributed by atoms with Gasteiger partial charge in [0.05, 0.1) is 0 Å². The summed E-state index contributed by atoms with van der Waals surface area (Å²) in [5.41, 5.74) is 1.94. The van der Waals surface area contributed by atoms with E-state index in [2.05, 4.69) is 21.2 Å². The van der Waals surface area contributed by atoms with E-state index in [0.29, 0.717) is 11.6 Å². The van der Waals surface area contributed by atoms with Crippen molar-refractivity contribution in [2.24, 2.45) is 0 Å². The molecule has 0 heterocycles. The Morgan fingerprint density at radius 1 is 1.20 bits per heavy atom. The Bertz CT molecular complexity index is 640. The summed E-state index contributed by atoms with van der Waals surface area (Å²) in [5, 5.41) is 3.48. The summed E-state index contributed by atoms with van der Waals surface area (Å²) in [6.07, 6.45) is 3.30. The first kappa shape index (κ1) is 14.8. The smallest absolute Gasteiger partial charge is 0.244 e. The van der Waals surface area contributed by atoms with Crippen molar-refractivity contribution < 1.29 is 4.79 Å². The molecular formula is C16H13BrClNO. The first-order valence-electron chi connectivity index (χ1n) is 6.09. The van der Waals surface area contributed by atoms with Gasteiger partial charge in [0.1, 0.15) is 0 Å². The first-order chi connectivity index (χ1) is 9.63.